The maximum absolute atomic E-state index is 12.2. The Balaban J connectivity index is 2.08. The molecule has 0 radical (unpaired) electrons. The number of amides is 1. The first kappa shape index (κ1) is 15.1. The molecule has 4 nitrogen and oxygen atoms in total. The van der Waals surface area contributed by atoms with E-state index in [0.29, 0.717) is 12.1 Å². The number of nitrogens with one attached hydrogen (secondary N) is 1. The van der Waals surface area contributed by atoms with Gasteiger partial charge in [-0.1, -0.05) is 18.2 Å². The molecular formula is C17H21N3O. The van der Waals surface area contributed by atoms with Gasteiger partial charge in [-0.15, -0.1) is 0 Å². The second-order valence-electron chi connectivity index (χ2n) is 5.13. The average Bonchev–Trinajstić information content (AvgIpc) is 2.48. The van der Waals surface area contributed by atoms with Crippen LogP contribution in [0, 0.1) is 0 Å². The van der Waals surface area contributed by atoms with Gasteiger partial charge in [0.15, 0.2) is 0 Å². The fourth-order valence-corrected chi connectivity index (χ4v) is 2.05. The van der Waals surface area contributed by atoms with E-state index in [-0.39, 0.29) is 5.91 Å². The monoisotopic (exact) mass is 283 g/mol. The number of rotatable bonds is 5. The first-order valence-corrected chi connectivity index (χ1v) is 6.98. The van der Waals surface area contributed by atoms with E-state index in [4.69, 9.17) is 5.73 Å². The van der Waals surface area contributed by atoms with Gasteiger partial charge in [0, 0.05) is 31.0 Å². The summed E-state index contributed by atoms with van der Waals surface area (Å²) in [4.78, 5) is 14.2. The topological polar surface area (TPSA) is 58.4 Å². The van der Waals surface area contributed by atoms with Crippen molar-refractivity contribution in [3.8, 4) is 0 Å². The fraction of sp³-hybridized carbons (Fsp3) is 0.235. The lowest BCUT2D eigenvalue weighted by Gasteiger charge is -2.14. The fourth-order valence-electron chi connectivity index (χ4n) is 2.05. The van der Waals surface area contributed by atoms with E-state index in [1.165, 1.54) is 0 Å². The Labute approximate surface area is 125 Å². The Morgan fingerprint density at radius 1 is 1.14 bits per heavy atom. The molecule has 4 heteroatoms. The van der Waals surface area contributed by atoms with Crippen molar-refractivity contribution < 1.29 is 4.79 Å². The summed E-state index contributed by atoms with van der Waals surface area (Å²) < 4.78 is 0. The van der Waals surface area contributed by atoms with Gasteiger partial charge in [0.2, 0.25) is 0 Å². The molecule has 0 heterocycles. The Morgan fingerprint density at radius 3 is 2.48 bits per heavy atom. The number of benzene rings is 2. The van der Waals surface area contributed by atoms with Crippen LogP contribution in [0.15, 0.2) is 48.5 Å². The maximum Gasteiger partial charge on any atom is 0.255 e. The molecule has 2 rings (SSSR count). The highest BCUT2D eigenvalue weighted by Gasteiger charge is 2.06. The summed E-state index contributed by atoms with van der Waals surface area (Å²) in [5.74, 6) is -0.106. The number of nitrogens with zero attached hydrogens (tertiary/aromatic N) is 1. The molecule has 0 aliphatic rings. The first-order chi connectivity index (χ1) is 10.1. The lowest BCUT2D eigenvalue weighted by Crippen LogP contribution is -2.13. The number of hydrogen-bond donors (Lipinski definition) is 2. The predicted molar refractivity (Wildman–Crippen MR) is 87.9 cm³/mol. The van der Waals surface area contributed by atoms with Gasteiger partial charge in [0.25, 0.3) is 5.91 Å². The van der Waals surface area contributed by atoms with E-state index >= 15 is 0 Å². The minimum Gasteiger partial charge on any atom is -0.378 e. The molecule has 0 saturated carbocycles. The van der Waals surface area contributed by atoms with E-state index in [9.17, 15) is 4.79 Å². The summed E-state index contributed by atoms with van der Waals surface area (Å²) in [5, 5.41) is 2.91. The van der Waals surface area contributed by atoms with Crippen LogP contribution in [0.2, 0.25) is 0 Å². The SMILES string of the molecule is CN(C)c1cccc(NC(=O)c2ccc(CCN)cc2)c1. The second-order valence-corrected chi connectivity index (χ2v) is 5.13. The predicted octanol–water partition coefficient (Wildman–Crippen LogP) is 2.51. The zero-order chi connectivity index (χ0) is 15.2. The summed E-state index contributed by atoms with van der Waals surface area (Å²) in [6, 6.07) is 15.3. The third-order valence-electron chi connectivity index (χ3n) is 3.27. The molecule has 0 aliphatic heterocycles. The molecule has 2 aromatic carbocycles. The van der Waals surface area contributed by atoms with Crippen molar-refractivity contribution in [2.24, 2.45) is 5.73 Å². The van der Waals surface area contributed by atoms with Crippen molar-refractivity contribution >= 4 is 17.3 Å². The van der Waals surface area contributed by atoms with E-state index in [1.807, 2.05) is 67.5 Å². The van der Waals surface area contributed by atoms with Gasteiger partial charge in [-0.3, -0.25) is 4.79 Å². The van der Waals surface area contributed by atoms with Gasteiger partial charge >= 0.3 is 0 Å². The first-order valence-electron chi connectivity index (χ1n) is 6.98. The van der Waals surface area contributed by atoms with Crippen LogP contribution in [-0.4, -0.2) is 26.5 Å². The van der Waals surface area contributed by atoms with Gasteiger partial charge in [-0.2, -0.15) is 0 Å². The van der Waals surface area contributed by atoms with Crippen LogP contribution in [0.3, 0.4) is 0 Å². The highest BCUT2D eigenvalue weighted by molar-refractivity contribution is 6.04. The Morgan fingerprint density at radius 2 is 1.86 bits per heavy atom. The number of carbonyl (C=O) groups is 1. The number of anilines is 2. The molecule has 1 amide bonds. The van der Waals surface area contributed by atoms with Crippen LogP contribution in [0.4, 0.5) is 11.4 Å². The van der Waals surface area contributed by atoms with Crippen molar-refractivity contribution in [1.82, 2.24) is 0 Å². The molecule has 0 aromatic heterocycles. The number of carbonyl (C=O) groups excluding carboxylic acids is 1. The summed E-state index contributed by atoms with van der Waals surface area (Å²) in [6.07, 6.45) is 0.826. The molecule has 0 atom stereocenters. The summed E-state index contributed by atoms with van der Waals surface area (Å²) in [5.41, 5.74) is 9.14. The molecule has 3 N–H and O–H groups in total. The minimum absolute atomic E-state index is 0.106. The van der Waals surface area contributed by atoms with Crippen LogP contribution in [0.25, 0.3) is 0 Å². The van der Waals surface area contributed by atoms with Crippen molar-refractivity contribution in [3.05, 3.63) is 59.7 Å². The molecule has 2 aromatic rings. The minimum atomic E-state index is -0.106. The largest absolute Gasteiger partial charge is 0.378 e. The molecule has 0 unspecified atom stereocenters. The molecule has 0 bridgehead atoms. The quantitative estimate of drug-likeness (QED) is 0.886. The van der Waals surface area contributed by atoms with Crippen molar-refractivity contribution in [2.45, 2.75) is 6.42 Å². The smallest absolute Gasteiger partial charge is 0.255 e. The third kappa shape index (κ3) is 4.07. The van der Waals surface area contributed by atoms with Crippen molar-refractivity contribution in [1.29, 1.82) is 0 Å². The Kier molecular flexibility index (Phi) is 4.95. The van der Waals surface area contributed by atoms with Crippen LogP contribution < -0.4 is 16.0 Å². The lowest BCUT2D eigenvalue weighted by atomic mass is 10.1. The molecule has 21 heavy (non-hydrogen) atoms. The molecule has 0 fully saturated rings. The average molecular weight is 283 g/mol. The van der Waals surface area contributed by atoms with Crippen LogP contribution in [0.1, 0.15) is 15.9 Å². The molecule has 0 saturated heterocycles. The van der Waals surface area contributed by atoms with Gasteiger partial charge in [0.05, 0.1) is 0 Å². The van der Waals surface area contributed by atoms with E-state index in [2.05, 4.69) is 5.32 Å². The highest BCUT2D eigenvalue weighted by Crippen LogP contribution is 2.18. The zero-order valence-corrected chi connectivity index (χ0v) is 12.5. The zero-order valence-electron chi connectivity index (χ0n) is 12.5. The van der Waals surface area contributed by atoms with Crippen molar-refractivity contribution in [2.75, 3.05) is 30.9 Å². The summed E-state index contributed by atoms with van der Waals surface area (Å²) in [7, 11) is 3.94. The second kappa shape index (κ2) is 6.90. The van der Waals surface area contributed by atoms with Crippen LogP contribution >= 0.6 is 0 Å². The molecular weight excluding hydrogens is 262 g/mol. The highest BCUT2D eigenvalue weighted by atomic mass is 16.1. The normalized spacial score (nSPS) is 10.2. The summed E-state index contributed by atoms with van der Waals surface area (Å²) >= 11 is 0. The van der Waals surface area contributed by atoms with Crippen LogP contribution in [-0.2, 0) is 6.42 Å². The summed E-state index contributed by atoms with van der Waals surface area (Å²) in [6.45, 7) is 0.614. The van der Waals surface area contributed by atoms with Gasteiger partial charge in [-0.25, -0.2) is 0 Å². The van der Waals surface area contributed by atoms with Gasteiger partial charge in [-0.05, 0) is 48.9 Å². The maximum atomic E-state index is 12.2. The lowest BCUT2D eigenvalue weighted by molar-refractivity contribution is 0.102. The third-order valence-corrected chi connectivity index (χ3v) is 3.27. The molecule has 0 spiro atoms. The molecule has 110 valence electrons. The van der Waals surface area contributed by atoms with E-state index in [0.717, 1.165) is 23.4 Å². The van der Waals surface area contributed by atoms with E-state index in [1.54, 1.807) is 0 Å². The number of nitrogens with two attached hydrogens (primary N) is 1. The van der Waals surface area contributed by atoms with E-state index < -0.39 is 0 Å². The Bertz CT molecular complexity index is 606. The van der Waals surface area contributed by atoms with Gasteiger partial charge in [0.1, 0.15) is 0 Å². The van der Waals surface area contributed by atoms with Crippen molar-refractivity contribution in [3.63, 3.8) is 0 Å². The van der Waals surface area contributed by atoms with Crippen LogP contribution in [0.5, 0.6) is 0 Å². The number of hydrogen-bond acceptors (Lipinski definition) is 3. The molecule has 0 aliphatic carbocycles. The Hall–Kier alpha value is -2.33. The van der Waals surface area contributed by atoms with Gasteiger partial charge < -0.3 is 16.0 Å². The standard InChI is InChI=1S/C17H21N3O/c1-20(2)16-5-3-4-15(12-16)19-17(21)14-8-6-13(7-9-14)10-11-18/h3-9,12H,10-11,18H2,1-2H3,(H,19,21).